The van der Waals surface area contributed by atoms with Gasteiger partial charge >= 0.3 is 0 Å². The first-order valence-electron chi connectivity index (χ1n) is 5.81. The average molecular weight is 213 g/mol. The maximum Gasteiger partial charge on any atom is 0.239 e. The van der Waals surface area contributed by atoms with Gasteiger partial charge in [-0.05, 0) is 39.0 Å². The van der Waals surface area contributed by atoms with Gasteiger partial charge in [0.15, 0.2) is 0 Å². The Morgan fingerprint density at radius 2 is 1.93 bits per heavy atom. The predicted octanol–water partition coefficient (Wildman–Crippen LogP) is 0.500. The normalized spacial score (nSPS) is 30.7. The third-order valence-corrected chi connectivity index (χ3v) is 3.36. The minimum Gasteiger partial charge on any atom is -0.352 e. The van der Waals surface area contributed by atoms with Crippen LogP contribution in [-0.2, 0) is 4.79 Å². The van der Waals surface area contributed by atoms with Crippen molar-refractivity contribution < 1.29 is 4.79 Å². The minimum atomic E-state index is -0.737. The van der Waals surface area contributed by atoms with Gasteiger partial charge in [0, 0.05) is 12.1 Å². The highest BCUT2D eigenvalue weighted by atomic mass is 16.2. The first-order chi connectivity index (χ1) is 6.95. The lowest BCUT2D eigenvalue weighted by Crippen LogP contribution is -2.54. The molecule has 1 unspecified atom stereocenters. The molecule has 0 aromatic heterocycles. The van der Waals surface area contributed by atoms with Gasteiger partial charge in [0.25, 0.3) is 0 Å². The molecule has 15 heavy (non-hydrogen) atoms. The summed E-state index contributed by atoms with van der Waals surface area (Å²) >= 11 is 0. The molecule has 1 rings (SSSR count). The zero-order valence-corrected chi connectivity index (χ0v) is 9.75. The second kappa shape index (κ2) is 4.94. The van der Waals surface area contributed by atoms with Gasteiger partial charge in [0.05, 0.1) is 5.54 Å². The molecule has 0 saturated heterocycles. The van der Waals surface area contributed by atoms with E-state index in [4.69, 9.17) is 11.5 Å². The number of carbonyl (C=O) groups excluding carboxylic acids is 1. The van der Waals surface area contributed by atoms with Gasteiger partial charge in [-0.1, -0.05) is 6.92 Å². The van der Waals surface area contributed by atoms with Crippen molar-refractivity contribution in [2.24, 2.45) is 11.5 Å². The molecule has 5 N–H and O–H groups in total. The average Bonchev–Trinajstić information content (AvgIpc) is 2.21. The second-order valence-corrected chi connectivity index (χ2v) is 4.86. The van der Waals surface area contributed by atoms with Gasteiger partial charge in [-0.15, -0.1) is 0 Å². The largest absolute Gasteiger partial charge is 0.352 e. The summed E-state index contributed by atoms with van der Waals surface area (Å²) in [4.78, 5) is 11.8. The zero-order valence-electron chi connectivity index (χ0n) is 9.75. The predicted molar refractivity (Wildman–Crippen MR) is 61.3 cm³/mol. The van der Waals surface area contributed by atoms with Gasteiger partial charge in [-0.3, -0.25) is 4.79 Å². The van der Waals surface area contributed by atoms with Crippen molar-refractivity contribution >= 4 is 5.91 Å². The maximum absolute atomic E-state index is 11.8. The minimum absolute atomic E-state index is 0.0366. The fraction of sp³-hybridized carbons (Fsp3) is 0.909. The van der Waals surface area contributed by atoms with Crippen molar-refractivity contribution in [3.63, 3.8) is 0 Å². The molecule has 1 fully saturated rings. The Balaban J connectivity index is 2.39. The Morgan fingerprint density at radius 1 is 1.40 bits per heavy atom. The highest BCUT2D eigenvalue weighted by molar-refractivity contribution is 5.85. The maximum atomic E-state index is 11.8. The van der Waals surface area contributed by atoms with Gasteiger partial charge in [0.1, 0.15) is 0 Å². The summed E-state index contributed by atoms with van der Waals surface area (Å²) in [5.74, 6) is -0.0366. The Hall–Kier alpha value is -0.610. The Morgan fingerprint density at radius 3 is 2.40 bits per heavy atom. The second-order valence-electron chi connectivity index (χ2n) is 4.86. The lowest BCUT2D eigenvalue weighted by atomic mass is 9.90. The fourth-order valence-corrected chi connectivity index (χ4v) is 1.77. The number of nitrogens with one attached hydrogen (secondary N) is 1. The topological polar surface area (TPSA) is 81.1 Å². The van der Waals surface area contributed by atoms with Crippen LogP contribution in [0.4, 0.5) is 0 Å². The van der Waals surface area contributed by atoms with Crippen LogP contribution in [-0.4, -0.2) is 23.5 Å². The number of hydrogen-bond donors (Lipinski definition) is 3. The summed E-state index contributed by atoms with van der Waals surface area (Å²) in [5, 5.41) is 3.01. The Kier molecular flexibility index (Phi) is 4.11. The van der Waals surface area contributed by atoms with Crippen molar-refractivity contribution in [1.82, 2.24) is 5.32 Å². The highest BCUT2D eigenvalue weighted by Crippen LogP contribution is 2.17. The van der Waals surface area contributed by atoms with Crippen molar-refractivity contribution in [3.8, 4) is 0 Å². The summed E-state index contributed by atoms with van der Waals surface area (Å²) in [6, 6.07) is 0.584. The smallest absolute Gasteiger partial charge is 0.239 e. The van der Waals surface area contributed by atoms with Crippen LogP contribution in [0.3, 0.4) is 0 Å². The van der Waals surface area contributed by atoms with E-state index in [0.717, 1.165) is 25.7 Å². The molecular formula is C11H23N3O. The van der Waals surface area contributed by atoms with E-state index in [2.05, 4.69) is 5.32 Å². The van der Waals surface area contributed by atoms with E-state index in [1.807, 2.05) is 6.92 Å². The van der Waals surface area contributed by atoms with Crippen molar-refractivity contribution in [2.45, 2.75) is 63.6 Å². The van der Waals surface area contributed by atoms with E-state index < -0.39 is 5.54 Å². The number of rotatable bonds is 3. The van der Waals surface area contributed by atoms with Crippen molar-refractivity contribution in [2.75, 3.05) is 0 Å². The van der Waals surface area contributed by atoms with Crippen molar-refractivity contribution in [3.05, 3.63) is 0 Å². The van der Waals surface area contributed by atoms with E-state index in [0.29, 0.717) is 12.5 Å². The molecule has 0 radical (unpaired) electrons. The molecule has 0 aromatic rings. The lowest BCUT2D eigenvalue weighted by Gasteiger charge is -2.30. The first kappa shape index (κ1) is 12.5. The molecule has 4 nitrogen and oxygen atoms in total. The van der Waals surface area contributed by atoms with Crippen LogP contribution in [0.1, 0.15) is 46.0 Å². The van der Waals surface area contributed by atoms with Gasteiger partial charge < -0.3 is 16.8 Å². The van der Waals surface area contributed by atoms with Crippen LogP contribution in [0.25, 0.3) is 0 Å². The molecule has 88 valence electrons. The van der Waals surface area contributed by atoms with Gasteiger partial charge in [0.2, 0.25) is 5.91 Å². The molecule has 1 saturated carbocycles. The highest BCUT2D eigenvalue weighted by Gasteiger charge is 2.29. The monoisotopic (exact) mass is 213 g/mol. The first-order valence-corrected chi connectivity index (χ1v) is 5.81. The lowest BCUT2D eigenvalue weighted by molar-refractivity contribution is -0.126. The van der Waals surface area contributed by atoms with E-state index >= 15 is 0 Å². The molecule has 0 spiro atoms. The summed E-state index contributed by atoms with van der Waals surface area (Å²) in [7, 11) is 0. The van der Waals surface area contributed by atoms with Crippen LogP contribution in [0.2, 0.25) is 0 Å². The van der Waals surface area contributed by atoms with Crippen LogP contribution in [0.15, 0.2) is 0 Å². The van der Waals surface area contributed by atoms with Crippen molar-refractivity contribution in [1.29, 1.82) is 0 Å². The van der Waals surface area contributed by atoms with Gasteiger partial charge in [-0.2, -0.15) is 0 Å². The molecule has 1 aliphatic rings. The molecule has 1 aliphatic carbocycles. The summed E-state index contributed by atoms with van der Waals surface area (Å²) in [6.07, 6.45) is 4.61. The third kappa shape index (κ3) is 3.47. The van der Waals surface area contributed by atoms with E-state index in [9.17, 15) is 4.79 Å². The van der Waals surface area contributed by atoms with Crippen LogP contribution >= 0.6 is 0 Å². The van der Waals surface area contributed by atoms with Crippen LogP contribution in [0, 0.1) is 0 Å². The molecule has 1 atom stereocenters. The van der Waals surface area contributed by atoms with Crippen LogP contribution < -0.4 is 16.8 Å². The standard InChI is InChI=1S/C11H23N3O/c1-3-11(2,13)10(15)14-9-6-4-8(12)5-7-9/h8-9H,3-7,12-13H2,1-2H3,(H,14,15). The number of nitrogens with two attached hydrogens (primary N) is 2. The molecule has 0 heterocycles. The van der Waals surface area contributed by atoms with Gasteiger partial charge in [-0.25, -0.2) is 0 Å². The molecule has 4 heteroatoms. The molecule has 1 amide bonds. The van der Waals surface area contributed by atoms with E-state index in [1.165, 1.54) is 0 Å². The summed E-state index contributed by atoms with van der Waals surface area (Å²) in [6.45, 7) is 3.70. The number of hydrogen-bond acceptors (Lipinski definition) is 3. The number of carbonyl (C=O) groups is 1. The molecule has 0 bridgehead atoms. The Labute approximate surface area is 91.8 Å². The quantitative estimate of drug-likeness (QED) is 0.638. The third-order valence-electron chi connectivity index (χ3n) is 3.36. The van der Waals surface area contributed by atoms with Crippen LogP contribution in [0.5, 0.6) is 0 Å². The SMILES string of the molecule is CCC(C)(N)C(=O)NC1CCC(N)CC1. The zero-order chi connectivity index (χ0) is 11.5. The summed E-state index contributed by atoms with van der Waals surface area (Å²) < 4.78 is 0. The van der Waals surface area contributed by atoms with E-state index in [-0.39, 0.29) is 11.9 Å². The molecule has 0 aromatic carbocycles. The summed E-state index contributed by atoms with van der Waals surface area (Å²) in [5.41, 5.74) is 10.9. The number of amides is 1. The van der Waals surface area contributed by atoms with E-state index in [1.54, 1.807) is 6.92 Å². The molecule has 0 aliphatic heterocycles. The fourth-order valence-electron chi connectivity index (χ4n) is 1.77. The Bertz CT molecular complexity index is 220. The molecular weight excluding hydrogens is 190 g/mol.